The first-order valence-electron chi connectivity index (χ1n) is 15.3. The maximum Gasteiger partial charge on any atom is 0.339 e. The number of hydrogen-bond donors (Lipinski definition) is 2. The number of carbonyl (C=O) groups is 3. The molecule has 6 rings (SSSR count). The Morgan fingerprint density at radius 1 is 1.00 bits per heavy atom. The van der Waals surface area contributed by atoms with Gasteiger partial charge >= 0.3 is 12.0 Å². The molecule has 11 nitrogen and oxygen atoms in total. The fourth-order valence-electron chi connectivity index (χ4n) is 6.82. The summed E-state index contributed by atoms with van der Waals surface area (Å²) in [6, 6.07) is 18.3. The van der Waals surface area contributed by atoms with Crippen LogP contribution < -0.4 is 19.9 Å². The highest BCUT2D eigenvalue weighted by Gasteiger charge is 2.61. The molecule has 1 aromatic heterocycles. The summed E-state index contributed by atoms with van der Waals surface area (Å²) in [6.45, 7) is 7.33. The lowest BCUT2D eigenvalue weighted by Crippen LogP contribution is -2.65. The Morgan fingerprint density at radius 2 is 1.67 bits per heavy atom. The number of piperidine rings is 1. The second-order valence-corrected chi connectivity index (χ2v) is 12.9. The minimum Gasteiger partial charge on any atom is -0.481 e. The Morgan fingerprint density at radius 3 is 2.30 bits per heavy atom. The molecule has 238 valence electrons. The average Bonchev–Trinajstić information content (AvgIpc) is 3.27. The lowest BCUT2D eigenvalue weighted by Gasteiger charge is -2.51. The summed E-state index contributed by atoms with van der Waals surface area (Å²) in [5.74, 6) is -0.950. The van der Waals surface area contributed by atoms with E-state index in [0.717, 1.165) is 11.1 Å². The largest absolute Gasteiger partial charge is 0.481 e. The number of imide groups is 1. The highest BCUT2D eigenvalue weighted by atomic mass is 16.5. The van der Waals surface area contributed by atoms with E-state index in [9.17, 15) is 19.5 Å². The third kappa shape index (κ3) is 5.10. The summed E-state index contributed by atoms with van der Waals surface area (Å²) in [5, 5.41) is 13.5. The number of amides is 3. The zero-order valence-electron chi connectivity index (χ0n) is 26.4. The first-order valence-corrected chi connectivity index (χ1v) is 15.3. The van der Waals surface area contributed by atoms with Gasteiger partial charge in [0.15, 0.2) is 0 Å². The van der Waals surface area contributed by atoms with Gasteiger partial charge in [-0.1, -0.05) is 63.2 Å². The predicted molar refractivity (Wildman–Crippen MR) is 174 cm³/mol. The molecule has 2 fully saturated rings. The Bertz CT molecular complexity index is 1710. The highest BCUT2D eigenvalue weighted by Crippen LogP contribution is 2.44. The SMILES string of the molecule is COc1ccnc(N2C(=O)N(c3ccc(-c4ccccc4)cc3)C(=O)C23CCN(CC2(C(C)(C)C)NC=CC=C2C(=O)O)CC3)n1. The van der Waals surface area contributed by atoms with Crippen molar-refractivity contribution in [1.29, 1.82) is 0 Å². The number of carbonyl (C=O) groups excluding carboxylic acids is 2. The van der Waals surface area contributed by atoms with Crippen molar-refractivity contribution in [3.05, 3.63) is 90.8 Å². The van der Waals surface area contributed by atoms with E-state index < -0.39 is 28.5 Å². The van der Waals surface area contributed by atoms with Gasteiger partial charge in [0.25, 0.3) is 5.91 Å². The number of rotatable bonds is 7. The molecular weight excluding hydrogens is 584 g/mol. The van der Waals surface area contributed by atoms with Gasteiger partial charge in [-0.15, -0.1) is 0 Å². The first-order chi connectivity index (χ1) is 22.0. The van der Waals surface area contributed by atoms with E-state index >= 15 is 0 Å². The topological polar surface area (TPSA) is 128 Å². The second-order valence-electron chi connectivity index (χ2n) is 12.9. The van der Waals surface area contributed by atoms with Crippen LogP contribution in [0.3, 0.4) is 0 Å². The molecule has 3 aliphatic rings. The highest BCUT2D eigenvalue weighted by molar-refractivity contribution is 6.30. The number of methoxy groups -OCH3 is 1. The molecule has 3 aliphatic heterocycles. The lowest BCUT2D eigenvalue weighted by molar-refractivity contribution is -0.134. The van der Waals surface area contributed by atoms with Crippen molar-refractivity contribution in [2.24, 2.45) is 5.41 Å². The van der Waals surface area contributed by atoms with Crippen LogP contribution in [-0.4, -0.2) is 75.7 Å². The van der Waals surface area contributed by atoms with Crippen LogP contribution in [-0.2, 0) is 9.59 Å². The molecule has 3 aromatic rings. The standard InChI is InChI=1S/C35H38N6O5/c1-33(2,3)35(27(29(42)43)11-8-19-37-35)23-39-21-17-34(18-22-39)30(44)40(32(45)41(34)31-36-20-16-28(38-31)46-4)26-14-12-25(13-15-26)24-9-6-5-7-10-24/h5-16,19-20,37H,17-18,21-23H2,1-4H3,(H,42,43). The van der Waals surface area contributed by atoms with Crippen molar-refractivity contribution >= 4 is 29.5 Å². The van der Waals surface area contributed by atoms with Crippen LogP contribution in [0.2, 0.25) is 0 Å². The second kappa shape index (κ2) is 11.7. The van der Waals surface area contributed by atoms with E-state index in [4.69, 9.17) is 4.74 Å². The van der Waals surface area contributed by atoms with E-state index in [1.807, 2.05) is 63.2 Å². The number of aliphatic carboxylic acids is 1. The van der Waals surface area contributed by atoms with E-state index in [-0.39, 0.29) is 23.3 Å². The number of benzene rings is 2. The zero-order valence-corrected chi connectivity index (χ0v) is 26.4. The van der Waals surface area contributed by atoms with Crippen molar-refractivity contribution in [3.8, 4) is 17.0 Å². The number of carboxylic acid groups (broad SMARTS) is 1. The van der Waals surface area contributed by atoms with Gasteiger partial charge in [-0.2, -0.15) is 4.98 Å². The van der Waals surface area contributed by atoms with E-state index in [1.165, 1.54) is 23.1 Å². The van der Waals surface area contributed by atoms with Crippen LogP contribution in [0.25, 0.3) is 11.1 Å². The summed E-state index contributed by atoms with van der Waals surface area (Å²) in [4.78, 5) is 54.8. The third-order valence-electron chi connectivity index (χ3n) is 9.47. The number of nitrogens with zero attached hydrogens (tertiary/aromatic N) is 5. The molecule has 2 N–H and O–H groups in total. The number of ether oxygens (including phenoxy) is 1. The van der Waals surface area contributed by atoms with Gasteiger partial charge in [0.05, 0.1) is 23.9 Å². The number of anilines is 2. The summed E-state index contributed by atoms with van der Waals surface area (Å²) in [5.41, 5.74) is 0.163. The molecule has 2 aromatic carbocycles. The molecule has 0 bridgehead atoms. The molecule has 46 heavy (non-hydrogen) atoms. The molecule has 0 aliphatic carbocycles. The van der Waals surface area contributed by atoms with Gasteiger partial charge in [0.2, 0.25) is 11.8 Å². The number of allylic oxidation sites excluding steroid dienone is 2. The third-order valence-corrected chi connectivity index (χ3v) is 9.47. The Hall–Kier alpha value is -5.03. The van der Waals surface area contributed by atoms with Crippen LogP contribution in [0, 0.1) is 5.41 Å². The fraction of sp³-hybridized carbons (Fsp3) is 0.343. The number of carboxylic acids is 1. The van der Waals surface area contributed by atoms with Gasteiger partial charge < -0.3 is 20.1 Å². The smallest absolute Gasteiger partial charge is 0.339 e. The minimum atomic E-state index is -1.24. The number of likely N-dealkylation sites (tertiary alicyclic amines) is 1. The quantitative estimate of drug-likeness (QED) is 0.355. The molecular formula is C35H38N6O5. The van der Waals surface area contributed by atoms with E-state index in [0.29, 0.717) is 38.2 Å². The molecule has 4 heterocycles. The number of urea groups is 1. The van der Waals surface area contributed by atoms with Crippen LogP contribution >= 0.6 is 0 Å². The summed E-state index contributed by atoms with van der Waals surface area (Å²) in [6.07, 6.45) is 7.25. The van der Waals surface area contributed by atoms with Crippen molar-refractivity contribution in [2.75, 3.05) is 36.5 Å². The zero-order chi connectivity index (χ0) is 32.7. The molecule has 0 radical (unpaired) electrons. The molecule has 1 spiro atoms. The maximum atomic E-state index is 14.5. The lowest BCUT2D eigenvalue weighted by atomic mass is 9.67. The van der Waals surface area contributed by atoms with Gasteiger partial charge in [0, 0.05) is 31.9 Å². The van der Waals surface area contributed by atoms with Crippen LogP contribution in [0.15, 0.2) is 90.8 Å². The maximum absolute atomic E-state index is 14.5. The number of nitrogens with one attached hydrogen (secondary N) is 1. The van der Waals surface area contributed by atoms with Crippen molar-refractivity contribution in [3.63, 3.8) is 0 Å². The van der Waals surface area contributed by atoms with Crippen molar-refractivity contribution in [1.82, 2.24) is 20.2 Å². The van der Waals surface area contributed by atoms with Crippen LogP contribution in [0.1, 0.15) is 33.6 Å². The number of dihydropyridines is 1. The Labute approximate surface area is 268 Å². The Kier molecular flexibility index (Phi) is 7.89. The summed E-state index contributed by atoms with van der Waals surface area (Å²) >= 11 is 0. The first kappa shape index (κ1) is 31.0. The molecule has 2 saturated heterocycles. The summed E-state index contributed by atoms with van der Waals surface area (Å²) in [7, 11) is 1.48. The minimum absolute atomic E-state index is 0.0934. The average molecular weight is 623 g/mol. The number of aromatic nitrogens is 2. The van der Waals surface area contributed by atoms with Gasteiger partial charge in [-0.05, 0) is 59.9 Å². The monoisotopic (exact) mass is 622 g/mol. The molecule has 11 heteroatoms. The molecule has 3 amide bonds. The molecule has 1 atom stereocenters. The van der Waals surface area contributed by atoms with Gasteiger partial charge in [0.1, 0.15) is 5.54 Å². The Balaban J connectivity index is 1.33. The van der Waals surface area contributed by atoms with Crippen molar-refractivity contribution < 1.29 is 24.2 Å². The van der Waals surface area contributed by atoms with E-state index in [2.05, 4.69) is 20.2 Å². The number of hydrogen-bond acceptors (Lipinski definition) is 8. The van der Waals surface area contributed by atoms with Gasteiger partial charge in [-0.3, -0.25) is 4.79 Å². The van der Waals surface area contributed by atoms with E-state index in [1.54, 1.807) is 36.6 Å². The van der Waals surface area contributed by atoms with Gasteiger partial charge in [-0.25, -0.2) is 24.4 Å². The molecule has 0 saturated carbocycles. The normalized spacial score (nSPS) is 21.3. The summed E-state index contributed by atoms with van der Waals surface area (Å²) < 4.78 is 5.33. The predicted octanol–water partition coefficient (Wildman–Crippen LogP) is 4.87. The fourth-order valence-corrected chi connectivity index (χ4v) is 6.82. The van der Waals surface area contributed by atoms with Crippen molar-refractivity contribution in [2.45, 2.75) is 44.7 Å². The van der Waals surface area contributed by atoms with Crippen LogP contribution in [0.4, 0.5) is 16.4 Å². The molecule has 1 unspecified atom stereocenters. The van der Waals surface area contributed by atoms with Crippen LogP contribution in [0.5, 0.6) is 5.88 Å².